The van der Waals surface area contributed by atoms with Gasteiger partial charge in [-0.1, -0.05) is 0 Å². The molecular formula is C17H24N6O. The molecule has 3 rings (SSSR count). The number of nitrogens with zero attached hydrogens (tertiary/aromatic N) is 5. The SMILES string of the molecule is CC1CN(CC(=O)Nc2cccnc2)CCN1Cc1nccn1C. The molecule has 1 unspecified atom stereocenters. The number of aromatic nitrogens is 3. The van der Waals surface area contributed by atoms with E-state index < -0.39 is 0 Å². The van der Waals surface area contributed by atoms with Gasteiger partial charge in [-0.25, -0.2) is 4.98 Å². The summed E-state index contributed by atoms with van der Waals surface area (Å²) in [6.07, 6.45) is 7.15. The summed E-state index contributed by atoms with van der Waals surface area (Å²) in [4.78, 5) is 25.2. The van der Waals surface area contributed by atoms with E-state index in [1.807, 2.05) is 31.6 Å². The Hall–Kier alpha value is -2.25. The van der Waals surface area contributed by atoms with E-state index in [1.54, 1.807) is 12.4 Å². The van der Waals surface area contributed by atoms with Crippen LogP contribution in [0.15, 0.2) is 36.9 Å². The van der Waals surface area contributed by atoms with Crippen LogP contribution in [-0.2, 0) is 18.4 Å². The van der Waals surface area contributed by atoms with E-state index in [0.717, 1.165) is 37.7 Å². The maximum atomic E-state index is 12.2. The van der Waals surface area contributed by atoms with Crippen molar-refractivity contribution in [1.29, 1.82) is 0 Å². The third-order valence-corrected chi connectivity index (χ3v) is 4.43. The van der Waals surface area contributed by atoms with E-state index in [-0.39, 0.29) is 5.91 Å². The molecule has 1 aliphatic rings. The van der Waals surface area contributed by atoms with Gasteiger partial charge in [0.15, 0.2) is 0 Å². The first-order valence-corrected chi connectivity index (χ1v) is 8.24. The lowest BCUT2D eigenvalue weighted by Gasteiger charge is -2.39. The van der Waals surface area contributed by atoms with Gasteiger partial charge in [0.1, 0.15) is 5.82 Å². The average molecular weight is 328 g/mol. The van der Waals surface area contributed by atoms with Gasteiger partial charge >= 0.3 is 0 Å². The van der Waals surface area contributed by atoms with Crippen molar-refractivity contribution in [1.82, 2.24) is 24.3 Å². The molecule has 0 radical (unpaired) electrons. The largest absolute Gasteiger partial charge is 0.337 e. The minimum atomic E-state index is 0.00718. The molecule has 0 saturated carbocycles. The highest BCUT2D eigenvalue weighted by Gasteiger charge is 2.25. The molecule has 24 heavy (non-hydrogen) atoms. The van der Waals surface area contributed by atoms with Gasteiger partial charge in [0.05, 0.1) is 25.0 Å². The number of anilines is 1. The van der Waals surface area contributed by atoms with E-state index in [4.69, 9.17) is 0 Å². The molecule has 1 fully saturated rings. The second kappa shape index (κ2) is 7.55. The van der Waals surface area contributed by atoms with Gasteiger partial charge in [0.2, 0.25) is 5.91 Å². The highest BCUT2D eigenvalue weighted by atomic mass is 16.2. The summed E-state index contributed by atoms with van der Waals surface area (Å²) in [5.74, 6) is 1.08. The maximum Gasteiger partial charge on any atom is 0.238 e. The fraction of sp³-hybridized carbons (Fsp3) is 0.471. The van der Waals surface area contributed by atoms with E-state index in [9.17, 15) is 4.79 Å². The van der Waals surface area contributed by atoms with Gasteiger partial charge in [-0.05, 0) is 19.1 Å². The summed E-state index contributed by atoms with van der Waals surface area (Å²) in [5.41, 5.74) is 0.740. The van der Waals surface area contributed by atoms with Crippen molar-refractivity contribution in [2.24, 2.45) is 7.05 Å². The van der Waals surface area contributed by atoms with E-state index in [2.05, 4.69) is 36.6 Å². The maximum absolute atomic E-state index is 12.2. The quantitative estimate of drug-likeness (QED) is 0.885. The van der Waals surface area contributed by atoms with Gasteiger partial charge < -0.3 is 9.88 Å². The van der Waals surface area contributed by atoms with Gasteiger partial charge in [-0.15, -0.1) is 0 Å². The molecule has 7 nitrogen and oxygen atoms in total. The second-order valence-electron chi connectivity index (χ2n) is 6.30. The number of carbonyl (C=O) groups excluding carboxylic acids is 1. The Morgan fingerprint density at radius 2 is 2.25 bits per heavy atom. The number of nitrogens with one attached hydrogen (secondary N) is 1. The smallest absolute Gasteiger partial charge is 0.238 e. The number of pyridine rings is 1. The molecule has 0 aliphatic carbocycles. The van der Waals surface area contributed by atoms with Crippen molar-refractivity contribution in [3.63, 3.8) is 0 Å². The molecule has 7 heteroatoms. The minimum Gasteiger partial charge on any atom is -0.337 e. The van der Waals surface area contributed by atoms with Gasteiger partial charge in [-0.2, -0.15) is 0 Å². The summed E-state index contributed by atoms with van der Waals surface area (Å²) in [6.45, 7) is 6.16. The fourth-order valence-corrected chi connectivity index (χ4v) is 3.02. The molecule has 0 aromatic carbocycles. The number of amides is 1. The summed E-state index contributed by atoms with van der Waals surface area (Å²) in [7, 11) is 2.02. The normalized spacial score (nSPS) is 19.3. The Morgan fingerprint density at radius 3 is 2.92 bits per heavy atom. The van der Waals surface area contributed by atoms with Crippen molar-refractivity contribution in [3.05, 3.63) is 42.7 Å². The molecule has 1 aliphatic heterocycles. The zero-order chi connectivity index (χ0) is 16.9. The third kappa shape index (κ3) is 4.18. The third-order valence-electron chi connectivity index (χ3n) is 4.43. The Kier molecular flexibility index (Phi) is 5.22. The lowest BCUT2D eigenvalue weighted by atomic mass is 10.2. The summed E-state index contributed by atoms with van der Waals surface area (Å²) >= 11 is 0. The monoisotopic (exact) mass is 328 g/mol. The number of hydrogen-bond donors (Lipinski definition) is 1. The summed E-state index contributed by atoms with van der Waals surface area (Å²) in [5, 5.41) is 2.89. The molecule has 0 spiro atoms. The molecule has 0 bridgehead atoms. The lowest BCUT2D eigenvalue weighted by molar-refractivity contribution is -0.118. The molecule has 1 atom stereocenters. The van der Waals surface area contributed by atoms with Crippen LogP contribution < -0.4 is 5.32 Å². The number of imidazole rings is 1. The molecule has 1 N–H and O–H groups in total. The second-order valence-corrected chi connectivity index (χ2v) is 6.30. The van der Waals surface area contributed by atoms with Crippen LogP contribution in [0.4, 0.5) is 5.69 Å². The Labute approximate surface area is 142 Å². The summed E-state index contributed by atoms with van der Waals surface area (Å²) < 4.78 is 2.06. The fourth-order valence-electron chi connectivity index (χ4n) is 3.02. The van der Waals surface area contributed by atoms with E-state index >= 15 is 0 Å². The number of aryl methyl sites for hydroxylation is 1. The lowest BCUT2D eigenvalue weighted by Crippen LogP contribution is -2.53. The molecule has 1 saturated heterocycles. The molecule has 1 amide bonds. The van der Waals surface area contributed by atoms with Crippen molar-refractivity contribution < 1.29 is 4.79 Å². The van der Waals surface area contributed by atoms with Crippen LogP contribution in [0.1, 0.15) is 12.7 Å². The van der Waals surface area contributed by atoms with Gasteiger partial charge in [0, 0.05) is 51.3 Å². The highest BCUT2D eigenvalue weighted by molar-refractivity contribution is 5.92. The number of hydrogen-bond acceptors (Lipinski definition) is 5. The molecule has 128 valence electrons. The van der Waals surface area contributed by atoms with Gasteiger partial charge in [-0.3, -0.25) is 19.6 Å². The van der Waals surface area contributed by atoms with Crippen LogP contribution in [0.3, 0.4) is 0 Å². The minimum absolute atomic E-state index is 0.00718. The Bertz CT molecular complexity index is 671. The zero-order valence-corrected chi connectivity index (χ0v) is 14.2. The van der Waals surface area contributed by atoms with Crippen LogP contribution in [0, 0.1) is 0 Å². The first-order valence-electron chi connectivity index (χ1n) is 8.24. The summed E-state index contributed by atoms with van der Waals surface area (Å²) in [6, 6.07) is 4.05. The van der Waals surface area contributed by atoms with Crippen LogP contribution in [-0.4, -0.2) is 62.5 Å². The molecule has 3 heterocycles. The molecule has 2 aromatic rings. The number of rotatable bonds is 5. The number of piperazine rings is 1. The van der Waals surface area contributed by atoms with Crippen LogP contribution in [0.5, 0.6) is 0 Å². The standard InChI is InChI=1S/C17H24N6O/c1-14-11-22(13-17(24)20-15-4-3-5-18-10-15)8-9-23(14)12-16-19-6-7-21(16)2/h3-7,10,14H,8-9,11-13H2,1-2H3,(H,20,24). The first kappa shape index (κ1) is 16.6. The Balaban J connectivity index is 1.48. The van der Waals surface area contributed by atoms with Crippen molar-refractivity contribution in [2.45, 2.75) is 19.5 Å². The predicted octanol–water partition coefficient (Wildman–Crippen LogP) is 0.960. The van der Waals surface area contributed by atoms with Crippen molar-refractivity contribution >= 4 is 11.6 Å². The predicted molar refractivity (Wildman–Crippen MR) is 92.4 cm³/mol. The van der Waals surface area contributed by atoms with Gasteiger partial charge in [0.25, 0.3) is 0 Å². The van der Waals surface area contributed by atoms with E-state index in [0.29, 0.717) is 12.6 Å². The molecule has 2 aromatic heterocycles. The van der Waals surface area contributed by atoms with Crippen molar-refractivity contribution in [2.75, 3.05) is 31.5 Å². The van der Waals surface area contributed by atoms with Crippen LogP contribution >= 0.6 is 0 Å². The highest BCUT2D eigenvalue weighted by Crippen LogP contribution is 2.13. The van der Waals surface area contributed by atoms with Crippen LogP contribution in [0.25, 0.3) is 0 Å². The topological polar surface area (TPSA) is 66.3 Å². The first-order chi connectivity index (χ1) is 11.6. The molecular weight excluding hydrogens is 304 g/mol. The van der Waals surface area contributed by atoms with Crippen molar-refractivity contribution in [3.8, 4) is 0 Å². The average Bonchev–Trinajstić information content (AvgIpc) is 2.96. The zero-order valence-electron chi connectivity index (χ0n) is 14.2. The number of carbonyl (C=O) groups is 1. The van der Waals surface area contributed by atoms with Crippen LogP contribution in [0.2, 0.25) is 0 Å². The Morgan fingerprint density at radius 1 is 1.38 bits per heavy atom. The van der Waals surface area contributed by atoms with E-state index in [1.165, 1.54) is 0 Å².